The van der Waals surface area contributed by atoms with Gasteiger partial charge in [0.05, 0.1) is 12.5 Å². The molecule has 0 saturated heterocycles. The van der Waals surface area contributed by atoms with Crippen LogP contribution in [0.3, 0.4) is 0 Å². The summed E-state index contributed by atoms with van der Waals surface area (Å²) in [6.45, 7) is 0. The Morgan fingerprint density at radius 1 is 1.17 bits per heavy atom. The summed E-state index contributed by atoms with van der Waals surface area (Å²) >= 11 is 1.53. The van der Waals surface area contributed by atoms with Crippen molar-refractivity contribution in [3.63, 3.8) is 0 Å². The number of aliphatic carboxylic acids is 1. The van der Waals surface area contributed by atoms with E-state index in [0.717, 1.165) is 28.8 Å². The molecule has 1 saturated carbocycles. The second-order valence-corrected chi connectivity index (χ2v) is 7.16. The third kappa shape index (κ3) is 2.45. The van der Waals surface area contributed by atoms with Crippen molar-refractivity contribution in [1.29, 1.82) is 0 Å². The molecule has 1 aromatic heterocycles. The molecule has 5 heteroatoms. The van der Waals surface area contributed by atoms with E-state index < -0.39 is 17.9 Å². The highest BCUT2D eigenvalue weighted by molar-refractivity contribution is 7.10. The molecule has 0 radical (unpaired) electrons. The van der Waals surface area contributed by atoms with Crippen LogP contribution in [-0.2, 0) is 16.0 Å². The first-order chi connectivity index (χ1) is 11.2. The van der Waals surface area contributed by atoms with Crippen molar-refractivity contribution in [2.45, 2.75) is 37.3 Å². The van der Waals surface area contributed by atoms with E-state index in [0.29, 0.717) is 6.42 Å². The molecule has 118 valence electrons. The summed E-state index contributed by atoms with van der Waals surface area (Å²) < 4.78 is 0. The van der Waals surface area contributed by atoms with Gasteiger partial charge in [-0.1, -0.05) is 30.3 Å². The summed E-state index contributed by atoms with van der Waals surface area (Å²) in [5, 5.41) is 11.9. The number of carbonyl (C=O) groups excluding carboxylic acids is 1. The summed E-state index contributed by atoms with van der Waals surface area (Å²) in [5.41, 5.74) is 1.62. The number of carbonyl (C=O) groups is 2. The lowest BCUT2D eigenvalue weighted by Gasteiger charge is -2.33. The van der Waals surface area contributed by atoms with Crippen LogP contribution < -0.4 is 0 Å². The van der Waals surface area contributed by atoms with Crippen LogP contribution in [0.2, 0.25) is 0 Å². The Bertz CT molecular complexity index is 751. The van der Waals surface area contributed by atoms with Crippen molar-refractivity contribution in [1.82, 2.24) is 4.90 Å². The molecule has 23 heavy (non-hydrogen) atoms. The highest BCUT2D eigenvalue weighted by atomic mass is 32.1. The lowest BCUT2D eigenvalue weighted by Crippen LogP contribution is -2.40. The molecule has 1 aliphatic carbocycles. The molecule has 4 nitrogen and oxygen atoms in total. The fourth-order valence-electron chi connectivity index (χ4n) is 3.55. The number of benzene rings is 1. The maximum atomic E-state index is 12.9. The molecule has 1 fully saturated rings. The zero-order valence-corrected chi connectivity index (χ0v) is 13.3. The van der Waals surface area contributed by atoms with Gasteiger partial charge in [-0.2, -0.15) is 0 Å². The summed E-state index contributed by atoms with van der Waals surface area (Å²) in [4.78, 5) is 27.8. The van der Waals surface area contributed by atoms with E-state index in [1.165, 1.54) is 11.3 Å². The number of amides is 1. The van der Waals surface area contributed by atoms with Gasteiger partial charge >= 0.3 is 5.97 Å². The molecule has 0 bridgehead atoms. The second kappa shape index (κ2) is 5.49. The minimum atomic E-state index is -0.865. The molecule has 1 N–H and O–H groups in total. The lowest BCUT2D eigenvalue weighted by atomic mass is 9.87. The molecule has 2 aromatic rings. The zero-order chi connectivity index (χ0) is 16.0. The molecule has 0 spiro atoms. The van der Waals surface area contributed by atoms with Gasteiger partial charge in [0.1, 0.15) is 5.92 Å². The number of fused-ring (bicyclic) bond motifs is 1. The molecule has 2 aliphatic rings. The highest BCUT2D eigenvalue weighted by Crippen LogP contribution is 2.46. The largest absolute Gasteiger partial charge is 0.481 e. The van der Waals surface area contributed by atoms with Crippen molar-refractivity contribution < 1.29 is 14.7 Å². The third-order valence-corrected chi connectivity index (χ3v) is 5.62. The maximum absolute atomic E-state index is 12.9. The monoisotopic (exact) mass is 327 g/mol. The van der Waals surface area contributed by atoms with Crippen LogP contribution >= 0.6 is 11.3 Å². The molecule has 2 heterocycles. The zero-order valence-electron chi connectivity index (χ0n) is 12.5. The molecule has 1 aliphatic heterocycles. The summed E-state index contributed by atoms with van der Waals surface area (Å²) in [6, 6.07) is 11.1. The van der Waals surface area contributed by atoms with E-state index in [2.05, 4.69) is 0 Å². The Hall–Kier alpha value is -2.14. The third-order valence-electron chi connectivity index (χ3n) is 4.68. The van der Waals surface area contributed by atoms with Crippen LogP contribution in [0.15, 0.2) is 41.8 Å². The van der Waals surface area contributed by atoms with E-state index >= 15 is 0 Å². The van der Waals surface area contributed by atoms with Crippen LogP contribution in [0.25, 0.3) is 0 Å². The minimum Gasteiger partial charge on any atom is -0.481 e. The highest BCUT2D eigenvalue weighted by Gasteiger charge is 2.47. The molecular weight excluding hydrogens is 310 g/mol. The van der Waals surface area contributed by atoms with E-state index in [4.69, 9.17) is 0 Å². The lowest BCUT2D eigenvalue weighted by molar-refractivity contribution is -0.142. The first-order valence-corrected chi connectivity index (χ1v) is 8.70. The Morgan fingerprint density at radius 3 is 2.61 bits per heavy atom. The van der Waals surface area contributed by atoms with E-state index in [9.17, 15) is 14.7 Å². The van der Waals surface area contributed by atoms with Gasteiger partial charge in [0.2, 0.25) is 5.91 Å². The van der Waals surface area contributed by atoms with Gasteiger partial charge in [-0.15, -0.1) is 11.3 Å². The average molecular weight is 327 g/mol. The predicted molar refractivity (Wildman–Crippen MR) is 87.5 cm³/mol. The van der Waals surface area contributed by atoms with Gasteiger partial charge in [-0.3, -0.25) is 9.59 Å². The normalized spacial score (nSPS) is 24.2. The number of thiophene rings is 1. The van der Waals surface area contributed by atoms with Crippen molar-refractivity contribution in [3.8, 4) is 0 Å². The summed E-state index contributed by atoms with van der Waals surface area (Å²) in [5.74, 6) is -1.53. The number of rotatable bonds is 3. The van der Waals surface area contributed by atoms with Gasteiger partial charge in [-0.25, -0.2) is 0 Å². The Balaban J connectivity index is 1.92. The fraction of sp³-hybridized carbons (Fsp3) is 0.333. The van der Waals surface area contributed by atoms with Crippen molar-refractivity contribution >= 4 is 23.2 Å². The molecule has 0 unspecified atom stereocenters. The predicted octanol–water partition coefficient (Wildman–Crippen LogP) is 3.20. The van der Waals surface area contributed by atoms with Crippen LogP contribution in [0.5, 0.6) is 0 Å². The van der Waals surface area contributed by atoms with E-state index in [-0.39, 0.29) is 11.9 Å². The fourth-order valence-corrected chi connectivity index (χ4v) is 4.41. The number of hydrogen-bond acceptors (Lipinski definition) is 3. The van der Waals surface area contributed by atoms with Crippen molar-refractivity contribution in [3.05, 3.63) is 57.8 Å². The van der Waals surface area contributed by atoms with Gasteiger partial charge in [0.25, 0.3) is 0 Å². The molecular formula is C18H17NO3S. The van der Waals surface area contributed by atoms with Gasteiger partial charge in [0, 0.05) is 10.9 Å². The standard InChI is InChI=1S/C18H17NO3S/c20-15-10-11-4-1-2-5-13(11)16(18(21)22)17(14-6-3-9-23-14)19(15)12-7-8-12/h1-6,9,12,16-17H,7-8,10H2,(H,21,22)/t16-,17+/m0/s1. The Kier molecular flexibility index (Phi) is 3.45. The second-order valence-electron chi connectivity index (χ2n) is 6.18. The Morgan fingerprint density at radius 2 is 1.96 bits per heavy atom. The smallest absolute Gasteiger partial charge is 0.313 e. The van der Waals surface area contributed by atoms with E-state index in [1.807, 2.05) is 46.7 Å². The quantitative estimate of drug-likeness (QED) is 0.942. The van der Waals surface area contributed by atoms with Gasteiger partial charge < -0.3 is 10.0 Å². The minimum absolute atomic E-state index is 0.0436. The number of hydrogen-bond donors (Lipinski definition) is 1. The van der Waals surface area contributed by atoms with E-state index in [1.54, 1.807) is 0 Å². The first-order valence-electron chi connectivity index (χ1n) is 7.82. The molecule has 1 amide bonds. The van der Waals surface area contributed by atoms with Crippen LogP contribution in [0, 0.1) is 0 Å². The topological polar surface area (TPSA) is 57.6 Å². The number of carboxylic acid groups (broad SMARTS) is 1. The first kappa shape index (κ1) is 14.5. The summed E-state index contributed by atoms with van der Waals surface area (Å²) in [7, 11) is 0. The number of nitrogens with zero attached hydrogens (tertiary/aromatic N) is 1. The van der Waals surface area contributed by atoms with Crippen LogP contribution in [0.1, 0.15) is 40.8 Å². The average Bonchev–Trinajstić information content (AvgIpc) is 3.22. The molecule has 2 atom stereocenters. The Labute approximate surface area is 138 Å². The molecule has 4 rings (SSSR count). The molecule has 1 aromatic carbocycles. The van der Waals surface area contributed by atoms with Gasteiger partial charge in [-0.05, 0) is 35.4 Å². The van der Waals surface area contributed by atoms with Crippen molar-refractivity contribution in [2.75, 3.05) is 0 Å². The van der Waals surface area contributed by atoms with Crippen LogP contribution in [-0.4, -0.2) is 27.9 Å². The maximum Gasteiger partial charge on any atom is 0.313 e. The van der Waals surface area contributed by atoms with Gasteiger partial charge in [0.15, 0.2) is 0 Å². The SMILES string of the molecule is O=C(O)[C@H]1c2ccccc2CC(=O)N(C2CC2)[C@@H]1c1cccs1. The summed E-state index contributed by atoms with van der Waals surface area (Å²) in [6.07, 6.45) is 2.23. The van der Waals surface area contributed by atoms with Crippen LogP contribution in [0.4, 0.5) is 0 Å². The number of carboxylic acids is 1. The van der Waals surface area contributed by atoms with Crippen molar-refractivity contribution in [2.24, 2.45) is 0 Å².